The van der Waals surface area contributed by atoms with E-state index in [9.17, 15) is 9.59 Å². The molecule has 31 heavy (non-hydrogen) atoms. The van der Waals surface area contributed by atoms with Crippen LogP contribution in [0.1, 0.15) is 91.7 Å². The Balaban J connectivity index is 0. The van der Waals surface area contributed by atoms with Gasteiger partial charge in [0.15, 0.2) is 0 Å². The molecule has 0 aromatic carbocycles. The first kappa shape index (κ1) is 30.7. The van der Waals surface area contributed by atoms with E-state index in [1.807, 2.05) is 47.6 Å². The molecule has 4 nitrogen and oxygen atoms in total. The van der Waals surface area contributed by atoms with E-state index in [-0.39, 0.29) is 29.8 Å². The van der Waals surface area contributed by atoms with Crippen LogP contribution in [0.3, 0.4) is 0 Å². The summed E-state index contributed by atoms with van der Waals surface area (Å²) in [6, 6.07) is 1.85. The lowest BCUT2D eigenvalue weighted by atomic mass is 9.59. The smallest absolute Gasteiger partial charge is 0.309 e. The first-order valence-electron chi connectivity index (χ1n) is 11.7. The van der Waals surface area contributed by atoms with E-state index in [1.165, 1.54) is 0 Å². The summed E-state index contributed by atoms with van der Waals surface area (Å²) in [7, 11) is 0. The number of furan rings is 1. The number of carbonyl (C=O) groups excluding carboxylic acids is 2. The molecular weight excluding hydrogens is 388 g/mol. The van der Waals surface area contributed by atoms with Gasteiger partial charge in [-0.25, -0.2) is 0 Å². The van der Waals surface area contributed by atoms with Crippen LogP contribution in [0.25, 0.3) is 0 Å². The monoisotopic (exact) mass is 430 g/mol. The summed E-state index contributed by atoms with van der Waals surface area (Å²) in [5.74, 6) is 0.924. The minimum Gasteiger partial charge on any atom is -0.472 e. The molecule has 0 spiro atoms. The minimum absolute atomic E-state index is 0.0727. The lowest BCUT2D eigenvalue weighted by Crippen LogP contribution is -2.48. The van der Waals surface area contributed by atoms with Crippen molar-refractivity contribution in [2.45, 2.75) is 86.2 Å². The molecule has 2 aliphatic carbocycles. The van der Waals surface area contributed by atoms with E-state index in [0.29, 0.717) is 18.1 Å². The molecular formula is C27H42O4. The number of rotatable bonds is 1. The van der Waals surface area contributed by atoms with Crippen molar-refractivity contribution < 1.29 is 18.7 Å². The molecule has 4 heteroatoms. The molecule has 2 saturated carbocycles. The highest BCUT2D eigenvalue weighted by molar-refractivity contribution is 5.84. The van der Waals surface area contributed by atoms with Gasteiger partial charge in [0.2, 0.25) is 0 Å². The molecule has 4 rings (SSSR count). The number of terminal acetylenes is 2. The Labute approximate surface area is 190 Å². The number of fused-ring (bicyclic) bond motifs is 3. The predicted octanol–water partition coefficient (Wildman–Crippen LogP) is 6.86. The topological polar surface area (TPSA) is 56.5 Å². The number of hydrogen-bond acceptors (Lipinski definition) is 4. The van der Waals surface area contributed by atoms with Crippen LogP contribution in [-0.4, -0.2) is 11.8 Å². The standard InChI is InChI=1S/C17H20O4.3C2H6.2C2H2/c18-14-3-1-2-10-4-5-12-13(16(10)14)8-15(21-17(12)19)11-6-7-20-9-11;5*1-2/h6-7,9-10,12-13,15-16H,1-5,8H2;3*1-2H3;2*1-2H/t10?,12-,13?,15+,16+;;;;;/m1...../s1. The van der Waals surface area contributed by atoms with Gasteiger partial charge in [0.25, 0.3) is 0 Å². The fourth-order valence-corrected chi connectivity index (χ4v) is 4.71. The molecule has 3 aliphatic rings. The van der Waals surface area contributed by atoms with Gasteiger partial charge >= 0.3 is 5.97 Å². The van der Waals surface area contributed by atoms with Crippen molar-refractivity contribution in [3.63, 3.8) is 0 Å². The van der Waals surface area contributed by atoms with Crippen LogP contribution in [0.5, 0.6) is 0 Å². The van der Waals surface area contributed by atoms with Gasteiger partial charge in [-0.05, 0) is 50.0 Å². The van der Waals surface area contributed by atoms with Crippen molar-refractivity contribution in [1.29, 1.82) is 0 Å². The average molecular weight is 431 g/mol. The Morgan fingerprint density at radius 1 is 0.903 bits per heavy atom. The molecule has 0 amide bonds. The SMILES string of the molecule is C#C.C#C.CC.CC.CC.O=C1CCCC2CC[C@H]3C(=O)O[C@H](c4ccoc4)CC3[C@@H]12. The average Bonchev–Trinajstić information content (AvgIpc) is 3.40. The van der Waals surface area contributed by atoms with Crippen molar-refractivity contribution in [2.24, 2.45) is 23.7 Å². The summed E-state index contributed by atoms with van der Waals surface area (Å²) >= 11 is 0. The third-order valence-corrected chi connectivity index (χ3v) is 5.67. The van der Waals surface area contributed by atoms with E-state index < -0.39 is 0 Å². The third-order valence-electron chi connectivity index (χ3n) is 5.67. The zero-order valence-electron chi connectivity index (χ0n) is 20.3. The van der Waals surface area contributed by atoms with Crippen LogP contribution in [0.2, 0.25) is 0 Å². The Morgan fingerprint density at radius 2 is 1.52 bits per heavy atom. The van der Waals surface area contributed by atoms with Crippen molar-refractivity contribution in [1.82, 2.24) is 0 Å². The number of cyclic esters (lactones) is 1. The molecule has 0 radical (unpaired) electrons. The lowest BCUT2D eigenvalue weighted by molar-refractivity contribution is -0.174. The highest BCUT2D eigenvalue weighted by atomic mass is 16.5. The van der Waals surface area contributed by atoms with Crippen LogP contribution in [0.4, 0.5) is 0 Å². The van der Waals surface area contributed by atoms with Gasteiger partial charge in [-0.1, -0.05) is 41.5 Å². The van der Waals surface area contributed by atoms with E-state index >= 15 is 0 Å². The third kappa shape index (κ3) is 7.95. The van der Waals surface area contributed by atoms with Crippen LogP contribution in [0.15, 0.2) is 23.0 Å². The first-order chi connectivity index (χ1) is 15.2. The van der Waals surface area contributed by atoms with Crippen LogP contribution < -0.4 is 0 Å². The van der Waals surface area contributed by atoms with Gasteiger partial charge in [-0.15, -0.1) is 25.7 Å². The summed E-state index contributed by atoms with van der Waals surface area (Å²) in [6.45, 7) is 12.0. The fourth-order valence-electron chi connectivity index (χ4n) is 4.71. The quantitative estimate of drug-likeness (QED) is 0.361. The lowest BCUT2D eigenvalue weighted by Gasteiger charge is -2.47. The zero-order chi connectivity index (χ0) is 24.4. The van der Waals surface area contributed by atoms with E-state index in [0.717, 1.165) is 37.7 Å². The second-order valence-electron chi connectivity index (χ2n) is 6.71. The Bertz CT molecular complexity index is 620. The van der Waals surface area contributed by atoms with Crippen LogP contribution in [0, 0.1) is 49.4 Å². The predicted molar refractivity (Wildman–Crippen MR) is 128 cm³/mol. The Hall–Kier alpha value is -2.46. The number of ketones is 1. The summed E-state index contributed by atoms with van der Waals surface area (Å²) in [4.78, 5) is 24.8. The van der Waals surface area contributed by atoms with E-state index in [2.05, 4.69) is 25.7 Å². The Morgan fingerprint density at radius 3 is 2.06 bits per heavy atom. The maximum absolute atomic E-state index is 12.4. The highest BCUT2D eigenvalue weighted by Gasteiger charge is 2.51. The van der Waals surface area contributed by atoms with Gasteiger partial charge < -0.3 is 9.15 Å². The second kappa shape index (κ2) is 18.3. The summed E-state index contributed by atoms with van der Waals surface area (Å²) in [5, 5.41) is 0. The van der Waals surface area contributed by atoms with E-state index in [1.54, 1.807) is 12.5 Å². The molecule has 1 saturated heterocycles. The summed E-state index contributed by atoms with van der Waals surface area (Å²) < 4.78 is 10.7. The molecule has 0 bridgehead atoms. The highest BCUT2D eigenvalue weighted by Crippen LogP contribution is 2.51. The molecule has 3 fully saturated rings. The van der Waals surface area contributed by atoms with Crippen LogP contribution >= 0.6 is 0 Å². The number of ether oxygens (including phenoxy) is 1. The number of Topliss-reactive ketones (excluding diaryl/α,β-unsaturated/α-hetero) is 1. The van der Waals surface area contributed by atoms with Gasteiger partial charge in [-0.3, -0.25) is 9.59 Å². The number of carbonyl (C=O) groups is 2. The van der Waals surface area contributed by atoms with Crippen molar-refractivity contribution >= 4 is 11.8 Å². The molecule has 1 aromatic heterocycles. The van der Waals surface area contributed by atoms with E-state index in [4.69, 9.17) is 9.15 Å². The maximum Gasteiger partial charge on any atom is 0.309 e. The largest absolute Gasteiger partial charge is 0.472 e. The number of hydrogen-bond donors (Lipinski definition) is 0. The molecule has 5 atom stereocenters. The molecule has 2 heterocycles. The molecule has 1 aliphatic heterocycles. The van der Waals surface area contributed by atoms with Crippen LogP contribution in [-0.2, 0) is 14.3 Å². The molecule has 0 N–H and O–H groups in total. The van der Waals surface area contributed by atoms with Crippen molar-refractivity contribution in [2.75, 3.05) is 0 Å². The molecule has 2 unspecified atom stereocenters. The first-order valence-corrected chi connectivity index (χ1v) is 11.7. The zero-order valence-corrected chi connectivity index (χ0v) is 20.3. The summed E-state index contributed by atoms with van der Waals surface area (Å²) in [5.41, 5.74) is 0.909. The Kier molecular flexibility index (Phi) is 18.2. The van der Waals surface area contributed by atoms with Crippen molar-refractivity contribution in [3.8, 4) is 25.7 Å². The maximum atomic E-state index is 12.4. The minimum atomic E-state index is -0.244. The second-order valence-corrected chi connectivity index (χ2v) is 6.71. The molecule has 174 valence electrons. The van der Waals surface area contributed by atoms with Gasteiger partial charge in [0, 0.05) is 17.9 Å². The van der Waals surface area contributed by atoms with Gasteiger partial charge in [0.1, 0.15) is 11.9 Å². The number of esters is 1. The van der Waals surface area contributed by atoms with Gasteiger partial charge in [-0.2, -0.15) is 0 Å². The summed E-state index contributed by atoms with van der Waals surface area (Å²) in [6.07, 6.45) is 24.5. The fraction of sp³-hybridized carbons (Fsp3) is 0.630. The van der Waals surface area contributed by atoms with Crippen molar-refractivity contribution in [3.05, 3.63) is 24.2 Å². The van der Waals surface area contributed by atoms with Gasteiger partial charge in [0.05, 0.1) is 18.4 Å². The molecule has 1 aromatic rings. The normalized spacial score (nSPS) is 27.4.